The van der Waals surface area contributed by atoms with Crippen molar-refractivity contribution in [2.75, 3.05) is 4.90 Å². The first-order valence-corrected chi connectivity index (χ1v) is 5.74. The van der Waals surface area contributed by atoms with Gasteiger partial charge in [0.2, 0.25) is 5.95 Å². The van der Waals surface area contributed by atoms with Crippen molar-refractivity contribution < 1.29 is 4.39 Å². The Morgan fingerprint density at radius 3 is 2.94 bits per heavy atom. The number of para-hydroxylation sites is 1. The molecule has 1 aromatic carbocycles. The molecule has 1 unspecified atom stereocenters. The molecule has 0 N–H and O–H groups in total. The van der Waals surface area contributed by atoms with Gasteiger partial charge in [-0.2, -0.15) is 4.39 Å². The van der Waals surface area contributed by atoms with E-state index in [4.69, 9.17) is 0 Å². The molecule has 2 nitrogen and oxygen atoms in total. The molecule has 0 saturated carbocycles. The highest BCUT2D eigenvalue weighted by Crippen LogP contribution is 2.37. The summed E-state index contributed by atoms with van der Waals surface area (Å²) in [6, 6.07) is 12.0. The zero-order valence-corrected chi connectivity index (χ0v) is 9.60. The Morgan fingerprint density at radius 1 is 1.29 bits per heavy atom. The number of hydrogen-bond acceptors (Lipinski definition) is 2. The van der Waals surface area contributed by atoms with E-state index in [0.717, 1.165) is 12.1 Å². The summed E-state index contributed by atoms with van der Waals surface area (Å²) in [5.74, 6) is -0.431. The molecule has 1 atom stereocenters. The molecular formula is C14H13FN2. The molecule has 1 aromatic heterocycles. The van der Waals surface area contributed by atoms with Gasteiger partial charge in [-0.15, -0.1) is 0 Å². The molecule has 2 heterocycles. The van der Waals surface area contributed by atoms with Crippen LogP contribution in [0.4, 0.5) is 15.8 Å². The van der Waals surface area contributed by atoms with Crippen LogP contribution in [0.15, 0.2) is 42.6 Å². The average molecular weight is 228 g/mol. The summed E-state index contributed by atoms with van der Waals surface area (Å²) in [4.78, 5) is 5.77. The molecule has 0 fully saturated rings. The van der Waals surface area contributed by atoms with Crippen molar-refractivity contribution in [1.29, 1.82) is 0 Å². The van der Waals surface area contributed by atoms with Gasteiger partial charge in [-0.05, 0) is 31.0 Å². The predicted molar refractivity (Wildman–Crippen MR) is 65.9 cm³/mol. The van der Waals surface area contributed by atoms with Gasteiger partial charge < -0.3 is 4.90 Å². The van der Waals surface area contributed by atoms with Crippen LogP contribution in [0.2, 0.25) is 0 Å². The first-order valence-electron chi connectivity index (χ1n) is 5.74. The Balaban J connectivity index is 2.09. The Kier molecular flexibility index (Phi) is 2.32. The van der Waals surface area contributed by atoms with E-state index in [-0.39, 0.29) is 0 Å². The van der Waals surface area contributed by atoms with Gasteiger partial charge in [0.05, 0.1) is 0 Å². The topological polar surface area (TPSA) is 16.1 Å². The van der Waals surface area contributed by atoms with Crippen LogP contribution in [0.3, 0.4) is 0 Å². The molecule has 0 amide bonds. The van der Waals surface area contributed by atoms with Crippen molar-refractivity contribution in [2.24, 2.45) is 0 Å². The van der Waals surface area contributed by atoms with Crippen molar-refractivity contribution in [3.63, 3.8) is 0 Å². The van der Waals surface area contributed by atoms with Crippen molar-refractivity contribution in [3.05, 3.63) is 54.1 Å². The van der Waals surface area contributed by atoms with Crippen LogP contribution < -0.4 is 4.90 Å². The van der Waals surface area contributed by atoms with Gasteiger partial charge >= 0.3 is 0 Å². The highest BCUT2D eigenvalue weighted by atomic mass is 19.1. The second-order valence-electron chi connectivity index (χ2n) is 4.39. The highest BCUT2D eigenvalue weighted by molar-refractivity contribution is 5.70. The number of aromatic nitrogens is 1. The summed E-state index contributed by atoms with van der Waals surface area (Å²) >= 11 is 0. The Bertz CT molecular complexity index is 553. The quantitative estimate of drug-likeness (QED) is 0.696. The van der Waals surface area contributed by atoms with E-state index in [1.165, 1.54) is 23.5 Å². The molecule has 1 aliphatic rings. The van der Waals surface area contributed by atoms with E-state index in [0.29, 0.717) is 6.04 Å². The highest BCUT2D eigenvalue weighted by Gasteiger charge is 2.26. The lowest BCUT2D eigenvalue weighted by atomic mass is 10.1. The zero-order valence-electron chi connectivity index (χ0n) is 9.60. The Hall–Kier alpha value is -1.90. The maximum Gasteiger partial charge on any atom is 0.214 e. The maximum atomic E-state index is 13.2. The molecule has 3 rings (SSSR count). The first-order chi connectivity index (χ1) is 8.25. The van der Waals surface area contributed by atoms with Crippen LogP contribution >= 0.6 is 0 Å². The zero-order chi connectivity index (χ0) is 11.8. The van der Waals surface area contributed by atoms with E-state index in [1.54, 1.807) is 0 Å². The third kappa shape index (κ3) is 1.68. The number of hydrogen-bond donors (Lipinski definition) is 0. The van der Waals surface area contributed by atoms with Crippen LogP contribution in [0.25, 0.3) is 0 Å². The maximum absolute atomic E-state index is 13.2. The number of rotatable bonds is 1. The van der Waals surface area contributed by atoms with Crippen LogP contribution in [0, 0.1) is 5.95 Å². The number of pyridine rings is 1. The van der Waals surface area contributed by atoms with Gasteiger partial charge in [0.15, 0.2) is 0 Å². The van der Waals surface area contributed by atoms with Crippen LogP contribution in [0.1, 0.15) is 12.5 Å². The van der Waals surface area contributed by atoms with Crippen LogP contribution in [-0.2, 0) is 6.42 Å². The lowest BCUT2D eigenvalue weighted by molar-refractivity contribution is 0.583. The van der Waals surface area contributed by atoms with Crippen LogP contribution in [0.5, 0.6) is 0 Å². The summed E-state index contributed by atoms with van der Waals surface area (Å²) < 4.78 is 13.2. The molecule has 3 heteroatoms. The van der Waals surface area contributed by atoms with Gasteiger partial charge in [-0.25, -0.2) is 4.98 Å². The third-order valence-electron chi connectivity index (χ3n) is 3.20. The molecule has 0 spiro atoms. The van der Waals surface area contributed by atoms with E-state index in [2.05, 4.69) is 28.9 Å². The summed E-state index contributed by atoms with van der Waals surface area (Å²) in [6.07, 6.45) is 2.51. The van der Waals surface area contributed by atoms with Crippen molar-refractivity contribution in [3.8, 4) is 0 Å². The predicted octanol–water partition coefficient (Wildman–Crippen LogP) is 3.30. The average Bonchev–Trinajstić information content (AvgIpc) is 2.64. The fraction of sp³-hybridized carbons (Fsp3) is 0.214. The standard InChI is InChI=1S/C14H13FN2/c1-10-8-11-4-2-3-5-13(11)17(10)12-6-7-16-14(15)9-12/h2-7,9-10H,8H2,1H3. The molecule has 0 bridgehead atoms. The number of nitrogens with zero attached hydrogens (tertiary/aromatic N) is 2. The summed E-state index contributed by atoms with van der Waals surface area (Å²) in [5, 5.41) is 0. The normalized spacial score (nSPS) is 18.2. The number of benzene rings is 1. The van der Waals surface area contributed by atoms with Crippen molar-refractivity contribution in [2.45, 2.75) is 19.4 Å². The SMILES string of the molecule is CC1Cc2ccccc2N1c1ccnc(F)c1. The second kappa shape index (κ2) is 3.84. The number of anilines is 2. The molecule has 0 aliphatic carbocycles. The van der Waals surface area contributed by atoms with E-state index in [9.17, 15) is 4.39 Å². The Labute approximate surface area is 99.7 Å². The molecule has 17 heavy (non-hydrogen) atoms. The molecular weight excluding hydrogens is 215 g/mol. The second-order valence-corrected chi connectivity index (χ2v) is 4.39. The smallest absolute Gasteiger partial charge is 0.214 e. The summed E-state index contributed by atoms with van der Waals surface area (Å²) in [5.41, 5.74) is 3.36. The molecule has 1 aliphatic heterocycles. The Morgan fingerprint density at radius 2 is 2.12 bits per heavy atom. The minimum atomic E-state index is -0.431. The van der Waals surface area contributed by atoms with Gasteiger partial charge in [-0.3, -0.25) is 0 Å². The summed E-state index contributed by atoms with van der Waals surface area (Å²) in [6.45, 7) is 2.15. The van der Waals surface area contributed by atoms with E-state index < -0.39 is 5.95 Å². The lowest BCUT2D eigenvalue weighted by Crippen LogP contribution is -2.23. The lowest BCUT2D eigenvalue weighted by Gasteiger charge is -2.24. The van der Waals surface area contributed by atoms with E-state index in [1.807, 2.05) is 18.2 Å². The van der Waals surface area contributed by atoms with Crippen LogP contribution in [-0.4, -0.2) is 11.0 Å². The van der Waals surface area contributed by atoms with Gasteiger partial charge in [0, 0.05) is 29.7 Å². The first kappa shape index (κ1) is 10.3. The molecule has 0 saturated heterocycles. The molecule has 2 aromatic rings. The van der Waals surface area contributed by atoms with Gasteiger partial charge in [0.25, 0.3) is 0 Å². The monoisotopic (exact) mass is 228 g/mol. The number of halogens is 1. The fourth-order valence-corrected chi connectivity index (χ4v) is 2.50. The number of fused-ring (bicyclic) bond motifs is 1. The van der Waals surface area contributed by atoms with Crippen molar-refractivity contribution in [1.82, 2.24) is 4.98 Å². The minimum Gasteiger partial charge on any atom is -0.338 e. The third-order valence-corrected chi connectivity index (χ3v) is 3.20. The van der Waals surface area contributed by atoms with Gasteiger partial charge in [0.1, 0.15) is 0 Å². The summed E-state index contributed by atoms with van der Waals surface area (Å²) in [7, 11) is 0. The largest absolute Gasteiger partial charge is 0.338 e. The van der Waals surface area contributed by atoms with Crippen molar-refractivity contribution >= 4 is 11.4 Å². The minimum absolute atomic E-state index is 0.356. The molecule has 86 valence electrons. The molecule has 0 radical (unpaired) electrons. The van der Waals surface area contributed by atoms with Gasteiger partial charge in [-0.1, -0.05) is 18.2 Å². The fourth-order valence-electron chi connectivity index (χ4n) is 2.50. The van der Waals surface area contributed by atoms with E-state index >= 15 is 0 Å².